The standard InChI is InChI=1S/C14H16N4O/c19-12-8-3-1-2-5-10-6-4-7-11(9-10)13-14(15-12)17-18-16-13/h4,6-7,9H,1-3,5,8H2,(H2,15,16,17,18,19). The minimum absolute atomic E-state index is 0.00637. The summed E-state index contributed by atoms with van der Waals surface area (Å²) in [6.45, 7) is 0. The van der Waals surface area contributed by atoms with Crippen LogP contribution in [0.5, 0.6) is 0 Å². The molecule has 98 valence electrons. The predicted octanol–water partition coefficient (Wildman–Crippen LogP) is 2.53. The zero-order valence-corrected chi connectivity index (χ0v) is 10.6. The van der Waals surface area contributed by atoms with Gasteiger partial charge in [-0.05, 0) is 30.9 Å². The lowest BCUT2D eigenvalue weighted by Gasteiger charge is -2.08. The van der Waals surface area contributed by atoms with Crippen LogP contribution in [0, 0.1) is 0 Å². The van der Waals surface area contributed by atoms with Gasteiger partial charge < -0.3 is 5.32 Å². The summed E-state index contributed by atoms with van der Waals surface area (Å²) in [6.07, 6.45) is 4.69. The number of aromatic amines is 1. The van der Waals surface area contributed by atoms with Crippen molar-refractivity contribution in [1.29, 1.82) is 0 Å². The number of H-pyrrole nitrogens is 1. The van der Waals surface area contributed by atoms with Crippen molar-refractivity contribution in [2.75, 3.05) is 5.32 Å². The van der Waals surface area contributed by atoms with Crippen molar-refractivity contribution in [2.45, 2.75) is 32.1 Å². The van der Waals surface area contributed by atoms with Gasteiger partial charge in [0.1, 0.15) is 5.69 Å². The molecule has 0 saturated heterocycles. The minimum atomic E-state index is 0.00637. The van der Waals surface area contributed by atoms with Gasteiger partial charge >= 0.3 is 0 Å². The summed E-state index contributed by atoms with van der Waals surface area (Å²) in [4.78, 5) is 11.8. The quantitative estimate of drug-likeness (QED) is 0.761. The third kappa shape index (κ3) is 2.65. The maximum Gasteiger partial charge on any atom is 0.225 e. The van der Waals surface area contributed by atoms with Crippen LogP contribution >= 0.6 is 0 Å². The zero-order chi connectivity index (χ0) is 13.1. The van der Waals surface area contributed by atoms with Gasteiger partial charge in [-0.1, -0.05) is 24.6 Å². The van der Waals surface area contributed by atoms with Crippen LogP contribution in [0.1, 0.15) is 31.2 Å². The first-order valence-corrected chi connectivity index (χ1v) is 6.63. The van der Waals surface area contributed by atoms with E-state index in [1.165, 1.54) is 5.56 Å². The number of carbonyl (C=O) groups is 1. The molecular formula is C14H16N4O. The highest BCUT2D eigenvalue weighted by Gasteiger charge is 2.14. The summed E-state index contributed by atoms with van der Waals surface area (Å²) < 4.78 is 0. The Labute approximate surface area is 111 Å². The Kier molecular flexibility index (Phi) is 3.27. The van der Waals surface area contributed by atoms with Crippen molar-refractivity contribution in [3.05, 3.63) is 29.8 Å². The zero-order valence-electron chi connectivity index (χ0n) is 10.6. The third-order valence-corrected chi connectivity index (χ3v) is 3.38. The molecule has 0 fully saturated rings. The molecule has 5 nitrogen and oxygen atoms in total. The van der Waals surface area contributed by atoms with Crippen LogP contribution in [0.3, 0.4) is 0 Å². The maximum absolute atomic E-state index is 11.8. The normalized spacial score (nSPS) is 15.9. The fraction of sp³-hybridized carbons (Fsp3) is 0.357. The lowest BCUT2D eigenvalue weighted by Crippen LogP contribution is -2.12. The van der Waals surface area contributed by atoms with Gasteiger partial charge in [0.05, 0.1) is 0 Å². The number of nitrogens with one attached hydrogen (secondary N) is 2. The van der Waals surface area contributed by atoms with E-state index in [2.05, 4.69) is 32.9 Å². The number of fused-ring (bicyclic) bond motifs is 4. The molecule has 0 saturated carbocycles. The van der Waals surface area contributed by atoms with E-state index in [9.17, 15) is 4.79 Å². The van der Waals surface area contributed by atoms with Gasteiger partial charge in [0.25, 0.3) is 0 Å². The van der Waals surface area contributed by atoms with Gasteiger partial charge in [-0.25, -0.2) is 0 Å². The van der Waals surface area contributed by atoms with Crippen LogP contribution in [0.4, 0.5) is 5.82 Å². The molecule has 1 aromatic carbocycles. The number of amides is 1. The van der Waals surface area contributed by atoms with Crippen molar-refractivity contribution in [3.8, 4) is 11.3 Å². The Hall–Kier alpha value is -2.17. The van der Waals surface area contributed by atoms with Crippen molar-refractivity contribution in [3.63, 3.8) is 0 Å². The number of benzene rings is 1. The van der Waals surface area contributed by atoms with E-state index in [1.54, 1.807) is 0 Å². The Morgan fingerprint density at radius 1 is 1.05 bits per heavy atom. The van der Waals surface area contributed by atoms with Crippen LogP contribution in [0.2, 0.25) is 0 Å². The van der Waals surface area contributed by atoms with Crippen LogP contribution in [0.25, 0.3) is 11.3 Å². The minimum Gasteiger partial charge on any atom is -0.307 e. The molecule has 0 spiro atoms. The Morgan fingerprint density at radius 3 is 2.89 bits per heavy atom. The molecule has 3 rings (SSSR count). The van der Waals surface area contributed by atoms with Crippen molar-refractivity contribution >= 4 is 11.7 Å². The number of anilines is 1. The third-order valence-electron chi connectivity index (χ3n) is 3.38. The fourth-order valence-electron chi connectivity index (χ4n) is 2.38. The highest BCUT2D eigenvalue weighted by Crippen LogP contribution is 2.25. The van der Waals surface area contributed by atoms with Gasteiger partial charge in [-0.15, -0.1) is 5.10 Å². The van der Waals surface area contributed by atoms with Gasteiger partial charge in [0.2, 0.25) is 5.91 Å². The number of hydrogen-bond acceptors (Lipinski definition) is 3. The van der Waals surface area contributed by atoms with Crippen LogP contribution < -0.4 is 5.32 Å². The first-order valence-electron chi connectivity index (χ1n) is 6.63. The van der Waals surface area contributed by atoms with E-state index in [-0.39, 0.29) is 5.91 Å². The molecule has 5 heteroatoms. The number of hydrogen-bond donors (Lipinski definition) is 2. The Morgan fingerprint density at radius 2 is 1.95 bits per heavy atom. The van der Waals surface area contributed by atoms with Gasteiger partial charge in [0.15, 0.2) is 5.82 Å². The average Bonchev–Trinajstić information content (AvgIpc) is 2.86. The fourth-order valence-corrected chi connectivity index (χ4v) is 2.38. The Balaban J connectivity index is 2.01. The molecule has 1 amide bonds. The highest BCUT2D eigenvalue weighted by atomic mass is 16.1. The van der Waals surface area contributed by atoms with Crippen LogP contribution in [-0.2, 0) is 11.2 Å². The smallest absolute Gasteiger partial charge is 0.225 e. The first-order chi connectivity index (χ1) is 9.33. The molecular weight excluding hydrogens is 240 g/mol. The van der Waals surface area contributed by atoms with Gasteiger partial charge in [-0.3, -0.25) is 4.79 Å². The lowest BCUT2D eigenvalue weighted by atomic mass is 10.0. The number of rotatable bonds is 0. The molecule has 1 aromatic heterocycles. The number of carbonyl (C=O) groups excluding carboxylic acids is 1. The van der Waals surface area contributed by atoms with Crippen molar-refractivity contribution < 1.29 is 4.79 Å². The molecule has 2 heterocycles. The summed E-state index contributed by atoms with van der Waals surface area (Å²) in [5, 5.41) is 13.6. The molecule has 0 radical (unpaired) electrons. The van der Waals surface area contributed by atoms with E-state index in [0.717, 1.165) is 31.2 Å². The molecule has 1 aliphatic rings. The summed E-state index contributed by atoms with van der Waals surface area (Å²) >= 11 is 0. The monoisotopic (exact) mass is 256 g/mol. The summed E-state index contributed by atoms with van der Waals surface area (Å²) in [6, 6.07) is 8.27. The summed E-state index contributed by atoms with van der Waals surface area (Å²) in [7, 11) is 0. The van der Waals surface area contributed by atoms with Crippen LogP contribution in [0.15, 0.2) is 24.3 Å². The van der Waals surface area contributed by atoms with E-state index in [1.807, 2.05) is 12.1 Å². The molecule has 2 N–H and O–H groups in total. The van der Waals surface area contributed by atoms with Gasteiger partial charge in [0, 0.05) is 12.0 Å². The molecule has 0 unspecified atom stereocenters. The molecule has 19 heavy (non-hydrogen) atoms. The predicted molar refractivity (Wildman–Crippen MR) is 72.6 cm³/mol. The molecule has 2 bridgehead atoms. The SMILES string of the molecule is O=C1CCCCCc2cccc(c2)-c2n[nH]nc2N1. The van der Waals surface area contributed by atoms with Crippen molar-refractivity contribution in [1.82, 2.24) is 15.4 Å². The molecule has 0 atom stereocenters. The highest BCUT2D eigenvalue weighted by molar-refractivity contribution is 5.93. The van der Waals surface area contributed by atoms with E-state index >= 15 is 0 Å². The molecule has 0 aliphatic carbocycles. The largest absolute Gasteiger partial charge is 0.307 e. The second-order valence-corrected chi connectivity index (χ2v) is 4.83. The average molecular weight is 256 g/mol. The second kappa shape index (κ2) is 5.22. The maximum atomic E-state index is 11.8. The van der Waals surface area contributed by atoms with E-state index < -0.39 is 0 Å². The van der Waals surface area contributed by atoms with E-state index in [0.29, 0.717) is 17.9 Å². The molecule has 2 aromatic rings. The topological polar surface area (TPSA) is 70.7 Å². The Bertz CT molecular complexity index is 591. The van der Waals surface area contributed by atoms with Gasteiger partial charge in [-0.2, -0.15) is 10.3 Å². The number of nitrogens with zero attached hydrogens (tertiary/aromatic N) is 2. The van der Waals surface area contributed by atoms with E-state index in [4.69, 9.17) is 0 Å². The second-order valence-electron chi connectivity index (χ2n) is 4.83. The lowest BCUT2D eigenvalue weighted by molar-refractivity contribution is -0.116. The molecule has 1 aliphatic heterocycles. The summed E-state index contributed by atoms with van der Waals surface area (Å²) in [5.74, 6) is 0.523. The number of aryl methyl sites for hydroxylation is 1. The number of aromatic nitrogens is 3. The van der Waals surface area contributed by atoms with Crippen LogP contribution in [-0.4, -0.2) is 21.3 Å². The van der Waals surface area contributed by atoms with Crippen molar-refractivity contribution in [2.24, 2.45) is 0 Å². The summed E-state index contributed by atoms with van der Waals surface area (Å²) in [5.41, 5.74) is 3.00. The first kappa shape index (κ1) is 11.9.